The highest BCUT2D eigenvalue weighted by Gasteiger charge is 2.34. The first-order valence-corrected chi connectivity index (χ1v) is 12.5. The minimum absolute atomic E-state index is 0.00599. The quantitative estimate of drug-likeness (QED) is 0.341. The van der Waals surface area contributed by atoms with Gasteiger partial charge in [0.2, 0.25) is 0 Å². The van der Waals surface area contributed by atoms with Gasteiger partial charge in [-0.25, -0.2) is 4.98 Å². The number of hydrogen-bond donors (Lipinski definition) is 0. The van der Waals surface area contributed by atoms with Gasteiger partial charge in [0.15, 0.2) is 6.61 Å². The second-order valence-electron chi connectivity index (χ2n) is 9.69. The Balaban J connectivity index is 1.35. The standard InChI is InChI=1S/C28H34N4O3/c1-20(2)18-32-24-9-5-4-8-22(24)29-28(32)25-11-7-14-31(25)27(33)19-35-26-12-6-10-23-21(26)13-15-30(23)16-17-34-3/h4-6,8-10,12-13,15,20,25H,7,11,14,16-19H2,1-3H3/t25-/m0/s1. The molecule has 0 saturated carbocycles. The number of benzene rings is 2. The van der Waals surface area contributed by atoms with Crippen molar-refractivity contribution in [3.05, 3.63) is 60.6 Å². The van der Waals surface area contributed by atoms with E-state index in [1.165, 1.54) is 0 Å². The molecule has 1 aliphatic heterocycles. The summed E-state index contributed by atoms with van der Waals surface area (Å²) in [5.74, 6) is 2.21. The fourth-order valence-corrected chi connectivity index (χ4v) is 5.17. The van der Waals surface area contributed by atoms with Crippen LogP contribution in [0.4, 0.5) is 0 Å². The first-order valence-electron chi connectivity index (χ1n) is 12.5. The number of aromatic nitrogens is 3. The molecule has 5 rings (SSSR count). The average Bonchev–Trinajstić information content (AvgIpc) is 3.58. The van der Waals surface area contributed by atoms with Crippen LogP contribution in [0, 0.1) is 5.92 Å². The van der Waals surface area contributed by atoms with Crippen molar-refractivity contribution in [1.82, 2.24) is 19.0 Å². The van der Waals surface area contributed by atoms with Crippen molar-refractivity contribution in [2.45, 2.75) is 45.8 Å². The molecule has 35 heavy (non-hydrogen) atoms. The third-order valence-corrected chi connectivity index (χ3v) is 6.76. The highest BCUT2D eigenvalue weighted by molar-refractivity contribution is 5.87. The Morgan fingerprint density at radius 1 is 1.11 bits per heavy atom. The van der Waals surface area contributed by atoms with Crippen molar-refractivity contribution in [3.8, 4) is 5.75 Å². The molecule has 0 radical (unpaired) electrons. The SMILES string of the molecule is COCCn1ccc2c(OCC(=O)N3CCC[C@H]3c3nc4ccccc4n3CC(C)C)cccc21. The summed E-state index contributed by atoms with van der Waals surface area (Å²) in [6, 6.07) is 16.2. The van der Waals surface area contributed by atoms with Crippen molar-refractivity contribution in [3.63, 3.8) is 0 Å². The van der Waals surface area contributed by atoms with E-state index in [2.05, 4.69) is 47.2 Å². The van der Waals surface area contributed by atoms with Gasteiger partial charge in [-0.1, -0.05) is 32.0 Å². The van der Waals surface area contributed by atoms with E-state index in [1.54, 1.807) is 7.11 Å². The summed E-state index contributed by atoms with van der Waals surface area (Å²) in [4.78, 5) is 20.3. The van der Waals surface area contributed by atoms with Crippen LogP contribution in [0.25, 0.3) is 21.9 Å². The van der Waals surface area contributed by atoms with Gasteiger partial charge >= 0.3 is 0 Å². The fraction of sp³-hybridized carbons (Fsp3) is 0.429. The number of amides is 1. The second kappa shape index (κ2) is 10.1. The van der Waals surface area contributed by atoms with Gasteiger partial charge in [0.25, 0.3) is 5.91 Å². The molecule has 2 aromatic heterocycles. The number of methoxy groups -OCH3 is 1. The van der Waals surface area contributed by atoms with Crippen molar-refractivity contribution < 1.29 is 14.3 Å². The topological polar surface area (TPSA) is 61.5 Å². The number of imidazole rings is 1. The zero-order valence-corrected chi connectivity index (χ0v) is 20.8. The first-order chi connectivity index (χ1) is 17.1. The lowest BCUT2D eigenvalue weighted by Crippen LogP contribution is -2.35. The zero-order chi connectivity index (χ0) is 24.4. The largest absolute Gasteiger partial charge is 0.483 e. The molecule has 1 amide bonds. The lowest BCUT2D eigenvalue weighted by molar-refractivity contribution is -0.134. The molecule has 7 nitrogen and oxygen atoms in total. The van der Waals surface area contributed by atoms with Crippen LogP contribution < -0.4 is 4.74 Å². The Hall–Kier alpha value is -3.32. The van der Waals surface area contributed by atoms with Gasteiger partial charge in [-0.05, 0) is 49.1 Å². The molecule has 1 saturated heterocycles. The molecule has 0 spiro atoms. The maximum atomic E-state index is 13.4. The van der Waals surface area contributed by atoms with E-state index in [9.17, 15) is 4.79 Å². The van der Waals surface area contributed by atoms with Crippen LogP contribution in [0.2, 0.25) is 0 Å². The van der Waals surface area contributed by atoms with Gasteiger partial charge in [0.1, 0.15) is 11.6 Å². The molecule has 3 heterocycles. The van der Waals surface area contributed by atoms with Crippen LogP contribution in [0.5, 0.6) is 5.75 Å². The predicted octanol–water partition coefficient (Wildman–Crippen LogP) is 5.04. The number of carbonyl (C=O) groups excluding carboxylic acids is 1. The van der Waals surface area contributed by atoms with Crippen molar-refractivity contribution >= 4 is 27.8 Å². The number of para-hydroxylation sites is 2. The minimum atomic E-state index is -0.0248. The summed E-state index contributed by atoms with van der Waals surface area (Å²) < 4.78 is 15.8. The third-order valence-electron chi connectivity index (χ3n) is 6.76. The van der Waals surface area contributed by atoms with E-state index >= 15 is 0 Å². The molecule has 1 fully saturated rings. The lowest BCUT2D eigenvalue weighted by atomic mass is 10.1. The van der Waals surface area contributed by atoms with Crippen LogP contribution in [-0.4, -0.2) is 51.8 Å². The second-order valence-corrected chi connectivity index (χ2v) is 9.69. The summed E-state index contributed by atoms with van der Waals surface area (Å²) in [5, 5.41) is 1.01. The van der Waals surface area contributed by atoms with Gasteiger partial charge < -0.3 is 23.5 Å². The number of carbonyl (C=O) groups is 1. The summed E-state index contributed by atoms with van der Waals surface area (Å²) in [6.45, 7) is 7.48. The molecule has 0 unspecified atom stereocenters. The summed E-state index contributed by atoms with van der Waals surface area (Å²) in [7, 11) is 1.70. The molecule has 1 aliphatic rings. The molecule has 7 heteroatoms. The smallest absolute Gasteiger partial charge is 0.261 e. The van der Waals surface area contributed by atoms with Crippen LogP contribution in [0.3, 0.4) is 0 Å². The average molecular weight is 475 g/mol. The van der Waals surface area contributed by atoms with E-state index in [0.29, 0.717) is 12.5 Å². The molecule has 0 N–H and O–H groups in total. The fourth-order valence-electron chi connectivity index (χ4n) is 5.17. The number of nitrogens with zero attached hydrogens (tertiary/aromatic N) is 4. The van der Waals surface area contributed by atoms with Crippen LogP contribution in [0.15, 0.2) is 54.7 Å². The van der Waals surface area contributed by atoms with E-state index in [-0.39, 0.29) is 18.6 Å². The minimum Gasteiger partial charge on any atom is -0.483 e. The highest BCUT2D eigenvalue weighted by atomic mass is 16.5. The summed E-state index contributed by atoms with van der Waals surface area (Å²) in [5.41, 5.74) is 3.20. The van der Waals surface area contributed by atoms with E-state index in [4.69, 9.17) is 14.5 Å². The Morgan fingerprint density at radius 3 is 2.77 bits per heavy atom. The number of ether oxygens (including phenoxy) is 2. The van der Waals surface area contributed by atoms with Crippen LogP contribution in [-0.2, 0) is 22.6 Å². The van der Waals surface area contributed by atoms with Gasteiger partial charge in [-0.2, -0.15) is 0 Å². The molecular weight excluding hydrogens is 440 g/mol. The number of likely N-dealkylation sites (tertiary alicyclic amines) is 1. The van der Waals surface area contributed by atoms with Crippen LogP contribution in [0.1, 0.15) is 38.6 Å². The van der Waals surface area contributed by atoms with Crippen molar-refractivity contribution in [2.24, 2.45) is 5.92 Å². The van der Waals surface area contributed by atoms with E-state index < -0.39 is 0 Å². The third kappa shape index (κ3) is 4.65. The molecular formula is C28H34N4O3. The maximum absolute atomic E-state index is 13.4. The number of fused-ring (bicyclic) bond motifs is 2. The lowest BCUT2D eigenvalue weighted by Gasteiger charge is -2.25. The van der Waals surface area contributed by atoms with Crippen molar-refractivity contribution in [1.29, 1.82) is 0 Å². The zero-order valence-electron chi connectivity index (χ0n) is 20.8. The summed E-state index contributed by atoms with van der Waals surface area (Å²) >= 11 is 0. The van der Waals surface area contributed by atoms with Gasteiger partial charge in [-0.3, -0.25) is 4.79 Å². The Morgan fingerprint density at radius 2 is 1.94 bits per heavy atom. The van der Waals surface area contributed by atoms with E-state index in [0.717, 1.165) is 66.0 Å². The maximum Gasteiger partial charge on any atom is 0.261 e. The Kier molecular flexibility index (Phi) is 6.77. The molecule has 0 bridgehead atoms. The molecule has 1 atom stereocenters. The monoisotopic (exact) mass is 474 g/mol. The molecule has 2 aromatic carbocycles. The Labute approximate surface area is 206 Å². The van der Waals surface area contributed by atoms with E-state index in [1.807, 2.05) is 35.4 Å². The first kappa shape index (κ1) is 23.4. The van der Waals surface area contributed by atoms with Crippen molar-refractivity contribution in [2.75, 3.05) is 26.9 Å². The highest BCUT2D eigenvalue weighted by Crippen LogP contribution is 2.34. The normalized spacial score (nSPS) is 16.1. The molecule has 4 aromatic rings. The van der Waals surface area contributed by atoms with Crippen LogP contribution >= 0.6 is 0 Å². The Bertz CT molecular complexity index is 1320. The molecule has 0 aliphatic carbocycles. The van der Waals surface area contributed by atoms with Gasteiger partial charge in [-0.15, -0.1) is 0 Å². The summed E-state index contributed by atoms with van der Waals surface area (Å²) in [6.07, 6.45) is 3.93. The molecule has 184 valence electrons. The van der Waals surface area contributed by atoms with Gasteiger partial charge in [0, 0.05) is 38.3 Å². The number of rotatable bonds is 9. The number of hydrogen-bond acceptors (Lipinski definition) is 4. The van der Waals surface area contributed by atoms with Gasteiger partial charge in [0.05, 0.1) is 29.2 Å². The predicted molar refractivity (Wildman–Crippen MR) is 138 cm³/mol.